The lowest BCUT2D eigenvalue weighted by Crippen LogP contribution is -2.43. The molecule has 1 saturated heterocycles. The van der Waals surface area contributed by atoms with E-state index in [9.17, 15) is 4.79 Å². The van der Waals surface area contributed by atoms with Crippen molar-refractivity contribution in [3.8, 4) is 21.7 Å². The summed E-state index contributed by atoms with van der Waals surface area (Å²) < 4.78 is 1.02. The molecule has 1 fully saturated rings. The molecule has 0 bridgehead atoms. The molecule has 9 heteroatoms. The van der Waals surface area contributed by atoms with E-state index in [2.05, 4.69) is 28.2 Å². The summed E-state index contributed by atoms with van der Waals surface area (Å²) >= 11 is 7.82. The van der Waals surface area contributed by atoms with Crippen LogP contribution in [0, 0.1) is 6.92 Å². The summed E-state index contributed by atoms with van der Waals surface area (Å²) in [6.07, 6.45) is 3.75. The van der Waals surface area contributed by atoms with Gasteiger partial charge < -0.3 is 10.2 Å². The Morgan fingerprint density at radius 2 is 1.92 bits per heavy atom. The van der Waals surface area contributed by atoms with Crippen LogP contribution >= 0.6 is 22.9 Å². The van der Waals surface area contributed by atoms with E-state index < -0.39 is 5.97 Å². The van der Waals surface area contributed by atoms with Gasteiger partial charge in [0.25, 0.3) is 0 Å². The number of anilines is 1. The number of hydrogen-bond acceptors (Lipinski definition) is 8. The Bertz CT molecular complexity index is 1420. The van der Waals surface area contributed by atoms with E-state index in [4.69, 9.17) is 26.4 Å². The van der Waals surface area contributed by atoms with E-state index in [1.54, 1.807) is 11.3 Å². The first-order valence-electron chi connectivity index (χ1n) is 13.0. The smallest absolute Gasteiger partial charge is 0.346 e. The SMILES string of the molecule is CCCCOOC(=O)Cc1c(C)cc2nc(-c3ccnc(N4CCNCC4)c3)sc2c1-c1ccc(Cl)cc1. The Balaban J connectivity index is 1.55. The lowest BCUT2D eigenvalue weighted by atomic mass is 9.93. The Kier molecular flexibility index (Phi) is 8.54. The van der Waals surface area contributed by atoms with Crippen LogP contribution in [0.4, 0.5) is 5.82 Å². The summed E-state index contributed by atoms with van der Waals surface area (Å²) in [7, 11) is 0. The second kappa shape index (κ2) is 12.2. The van der Waals surface area contributed by atoms with E-state index >= 15 is 0 Å². The van der Waals surface area contributed by atoms with Crippen molar-refractivity contribution in [1.82, 2.24) is 15.3 Å². The number of nitrogens with zero attached hydrogens (tertiary/aromatic N) is 3. The molecule has 3 heterocycles. The number of pyridine rings is 1. The predicted molar refractivity (Wildman–Crippen MR) is 154 cm³/mol. The van der Waals surface area contributed by atoms with Crippen molar-refractivity contribution in [3.63, 3.8) is 0 Å². The summed E-state index contributed by atoms with van der Waals surface area (Å²) in [6.45, 7) is 8.22. The molecular weight excluding hydrogens is 520 g/mol. The third kappa shape index (κ3) is 5.99. The number of thiazole rings is 1. The minimum Gasteiger partial charge on any atom is -0.354 e. The number of carbonyl (C=O) groups excluding carboxylic acids is 1. The molecule has 0 aliphatic carbocycles. The monoisotopic (exact) mass is 550 g/mol. The van der Waals surface area contributed by atoms with Crippen LogP contribution in [0.15, 0.2) is 48.7 Å². The van der Waals surface area contributed by atoms with Gasteiger partial charge in [-0.3, -0.25) is 4.89 Å². The molecule has 4 aromatic rings. The maximum absolute atomic E-state index is 12.7. The maximum Gasteiger partial charge on any atom is 0.346 e. The fraction of sp³-hybridized carbons (Fsp3) is 0.345. The van der Waals surface area contributed by atoms with Crippen LogP contribution in [0.5, 0.6) is 0 Å². The average molecular weight is 551 g/mol. The molecule has 0 atom stereocenters. The number of aromatic nitrogens is 2. The lowest BCUT2D eigenvalue weighted by molar-refractivity contribution is -0.272. The second-order valence-electron chi connectivity index (χ2n) is 9.37. The van der Waals surface area contributed by atoms with E-state index in [0.29, 0.717) is 11.6 Å². The van der Waals surface area contributed by atoms with E-state index in [1.807, 2.05) is 49.5 Å². The van der Waals surface area contributed by atoms with Crippen LogP contribution in [0.2, 0.25) is 5.02 Å². The number of unbranched alkanes of at least 4 members (excludes halogenated alkanes) is 1. The third-order valence-corrected chi connectivity index (χ3v) is 8.02. The molecule has 1 aliphatic heterocycles. The highest BCUT2D eigenvalue weighted by molar-refractivity contribution is 7.22. The first kappa shape index (κ1) is 26.6. The van der Waals surface area contributed by atoms with E-state index in [0.717, 1.165) is 87.9 Å². The number of piperazine rings is 1. The van der Waals surface area contributed by atoms with Crippen molar-refractivity contribution >= 4 is 44.9 Å². The number of halogens is 1. The highest BCUT2D eigenvalue weighted by Crippen LogP contribution is 2.41. The quantitative estimate of drug-likeness (QED) is 0.151. The molecule has 0 amide bonds. The van der Waals surface area contributed by atoms with Gasteiger partial charge in [0.15, 0.2) is 0 Å². The maximum atomic E-state index is 12.7. The minimum atomic E-state index is -0.418. The van der Waals surface area contributed by atoms with Gasteiger partial charge in [0.05, 0.1) is 23.2 Å². The summed E-state index contributed by atoms with van der Waals surface area (Å²) in [5.74, 6) is 0.544. The number of fused-ring (bicyclic) bond motifs is 1. The zero-order valence-corrected chi connectivity index (χ0v) is 23.2. The molecule has 38 heavy (non-hydrogen) atoms. The van der Waals surface area contributed by atoms with Crippen LogP contribution in [-0.4, -0.2) is 48.7 Å². The molecule has 1 N–H and O–H groups in total. The van der Waals surface area contributed by atoms with Gasteiger partial charge in [0.2, 0.25) is 0 Å². The average Bonchev–Trinajstić information content (AvgIpc) is 3.36. The van der Waals surface area contributed by atoms with Crippen molar-refractivity contribution in [1.29, 1.82) is 0 Å². The Morgan fingerprint density at radius 1 is 1.13 bits per heavy atom. The molecular formula is C29H31ClN4O3S. The largest absolute Gasteiger partial charge is 0.354 e. The highest BCUT2D eigenvalue weighted by atomic mass is 35.5. The van der Waals surface area contributed by atoms with Crippen molar-refractivity contribution in [2.45, 2.75) is 33.1 Å². The first-order valence-corrected chi connectivity index (χ1v) is 14.2. The molecule has 0 radical (unpaired) electrons. The van der Waals surface area contributed by atoms with Gasteiger partial charge in [-0.1, -0.05) is 37.1 Å². The molecule has 1 aliphatic rings. The van der Waals surface area contributed by atoms with Gasteiger partial charge in [-0.2, -0.15) is 4.89 Å². The summed E-state index contributed by atoms with van der Waals surface area (Å²) in [4.78, 5) is 34.9. The van der Waals surface area contributed by atoms with E-state index in [-0.39, 0.29) is 6.42 Å². The van der Waals surface area contributed by atoms with Crippen molar-refractivity contribution in [3.05, 3.63) is 64.8 Å². The zero-order valence-electron chi connectivity index (χ0n) is 21.6. The Hall–Kier alpha value is -3.04. The van der Waals surface area contributed by atoms with Crippen LogP contribution in [-0.2, 0) is 21.0 Å². The van der Waals surface area contributed by atoms with Gasteiger partial charge >= 0.3 is 5.97 Å². The molecule has 2 aromatic carbocycles. The fourth-order valence-corrected chi connectivity index (χ4v) is 5.87. The summed E-state index contributed by atoms with van der Waals surface area (Å²) in [5.41, 5.74) is 5.74. The normalized spacial score (nSPS) is 13.7. The standard InChI is InChI=1S/C29H31ClN4O3S/c1-3-4-15-36-37-26(35)18-23-19(2)16-24-28(27(23)20-5-7-22(30)8-6-20)38-29(33-24)21-9-10-32-25(17-21)34-13-11-31-12-14-34/h5-10,16-17,31H,3-4,11-15,18H2,1-2H3. The van der Waals surface area contributed by atoms with Gasteiger partial charge in [-0.05, 0) is 60.4 Å². The van der Waals surface area contributed by atoms with Gasteiger partial charge in [-0.15, -0.1) is 11.3 Å². The lowest BCUT2D eigenvalue weighted by Gasteiger charge is -2.28. The third-order valence-electron chi connectivity index (χ3n) is 6.63. The Morgan fingerprint density at radius 3 is 2.68 bits per heavy atom. The van der Waals surface area contributed by atoms with Gasteiger partial charge in [0.1, 0.15) is 10.8 Å². The number of hydrogen-bond donors (Lipinski definition) is 1. The van der Waals surface area contributed by atoms with Crippen LogP contribution < -0.4 is 10.2 Å². The van der Waals surface area contributed by atoms with E-state index in [1.165, 1.54) is 0 Å². The minimum absolute atomic E-state index is 0.0987. The van der Waals surface area contributed by atoms with Crippen LogP contribution in [0.25, 0.3) is 31.9 Å². The molecule has 0 unspecified atom stereocenters. The van der Waals surface area contributed by atoms with Crippen molar-refractivity contribution < 1.29 is 14.6 Å². The molecule has 2 aromatic heterocycles. The fourth-order valence-electron chi connectivity index (χ4n) is 4.61. The number of carbonyl (C=O) groups is 1. The summed E-state index contributed by atoms with van der Waals surface area (Å²) in [6, 6.07) is 13.9. The summed E-state index contributed by atoms with van der Waals surface area (Å²) in [5, 5.41) is 4.96. The van der Waals surface area contributed by atoms with Crippen LogP contribution in [0.3, 0.4) is 0 Å². The number of aryl methyl sites for hydroxylation is 1. The van der Waals surface area contributed by atoms with Crippen molar-refractivity contribution in [2.24, 2.45) is 0 Å². The number of benzene rings is 2. The topological polar surface area (TPSA) is 76.6 Å². The number of nitrogens with one attached hydrogen (secondary N) is 1. The molecule has 0 spiro atoms. The molecule has 0 saturated carbocycles. The second-order valence-corrected chi connectivity index (χ2v) is 10.8. The van der Waals surface area contributed by atoms with Gasteiger partial charge in [0, 0.05) is 48.5 Å². The molecule has 198 valence electrons. The number of rotatable bonds is 9. The first-order chi connectivity index (χ1) is 18.5. The van der Waals surface area contributed by atoms with Crippen LogP contribution in [0.1, 0.15) is 30.9 Å². The Labute approximate surface area is 231 Å². The zero-order chi connectivity index (χ0) is 26.5. The molecule has 5 rings (SSSR count). The molecule has 7 nitrogen and oxygen atoms in total. The van der Waals surface area contributed by atoms with Crippen molar-refractivity contribution in [2.75, 3.05) is 37.7 Å². The highest BCUT2D eigenvalue weighted by Gasteiger charge is 2.21. The predicted octanol–water partition coefficient (Wildman–Crippen LogP) is 6.21. The van der Waals surface area contributed by atoms with Gasteiger partial charge in [-0.25, -0.2) is 14.8 Å².